The number of ether oxygens (including phenoxy) is 1. The minimum Gasteiger partial charge on any atom is -0.481 e. The normalized spacial score (nSPS) is 16.2. The van der Waals surface area contributed by atoms with Crippen molar-refractivity contribution < 1.29 is 24.2 Å². The summed E-state index contributed by atoms with van der Waals surface area (Å²) in [5.41, 5.74) is 1.21. The molecule has 136 valence electrons. The first-order chi connectivity index (χ1) is 11.9. The van der Waals surface area contributed by atoms with Gasteiger partial charge in [0.05, 0.1) is 12.1 Å². The van der Waals surface area contributed by atoms with Gasteiger partial charge in [-0.3, -0.25) is 14.4 Å². The van der Waals surface area contributed by atoms with Gasteiger partial charge in [-0.1, -0.05) is 19.8 Å². The Kier molecular flexibility index (Phi) is 6.38. The number of benzene rings is 1. The zero-order valence-electron chi connectivity index (χ0n) is 14.6. The van der Waals surface area contributed by atoms with Gasteiger partial charge in [0.25, 0.3) is 5.91 Å². The lowest BCUT2D eigenvalue weighted by Crippen LogP contribution is -2.44. The van der Waals surface area contributed by atoms with Crippen molar-refractivity contribution in [3.05, 3.63) is 18.2 Å². The van der Waals surface area contributed by atoms with E-state index in [4.69, 9.17) is 9.84 Å². The van der Waals surface area contributed by atoms with Crippen LogP contribution in [0.1, 0.15) is 46.0 Å². The number of carbonyl (C=O) groups is 3. The molecule has 1 aromatic rings. The van der Waals surface area contributed by atoms with E-state index in [9.17, 15) is 14.4 Å². The maximum Gasteiger partial charge on any atom is 0.303 e. The fourth-order valence-corrected chi connectivity index (χ4v) is 2.68. The highest BCUT2D eigenvalue weighted by Crippen LogP contribution is 2.36. The average Bonchev–Trinajstić information content (AvgIpc) is 2.56. The molecule has 7 heteroatoms. The van der Waals surface area contributed by atoms with Crippen molar-refractivity contribution in [2.45, 2.75) is 52.1 Å². The summed E-state index contributed by atoms with van der Waals surface area (Å²) in [4.78, 5) is 36.4. The first-order valence-electron chi connectivity index (χ1n) is 8.56. The number of anilines is 2. The first-order valence-corrected chi connectivity index (χ1v) is 8.56. The van der Waals surface area contributed by atoms with Gasteiger partial charge in [-0.2, -0.15) is 0 Å². The summed E-state index contributed by atoms with van der Waals surface area (Å²) in [6.07, 6.45) is 2.15. The van der Waals surface area contributed by atoms with Gasteiger partial charge in [-0.15, -0.1) is 0 Å². The Hall–Kier alpha value is -2.57. The van der Waals surface area contributed by atoms with Gasteiger partial charge in [0.2, 0.25) is 5.91 Å². The molecule has 1 aromatic carbocycles. The van der Waals surface area contributed by atoms with Crippen LogP contribution in [0.3, 0.4) is 0 Å². The Balaban J connectivity index is 2.12. The summed E-state index contributed by atoms with van der Waals surface area (Å²) in [7, 11) is 0. The van der Waals surface area contributed by atoms with E-state index in [1.54, 1.807) is 30.0 Å². The number of fused-ring (bicyclic) bond motifs is 1. The third kappa shape index (κ3) is 4.95. The van der Waals surface area contributed by atoms with E-state index in [1.807, 2.05) is 0 Å². The number of aliphatic carboxylic acids is 1. The monoisotopic (exact) mass is 348 g/mol. The van der Waals surface area contributed by atoms with Crippen LogP contribution in [0, 0.1) is 0 Å². The van der Waals surface area contributed by atoms with Crippen LogP contribution in [-0.2, 0) is 14.4 Å². The van der Waals surface area contributed by atoms with Crippen LogP contribution in [0.4, 0.5) is 11.4 Å². The second kappa shape index (κ2) is 8.50. The smallest absolute Gasteiger partial charge is 0.303 e. The molecule has 1 aliphatic heterocycles. The number of hydrogen-bond donors (Lipinski definition) is 2. The number of carboxylic acid groups (broad SMARTS) is 1. The second-order valence-electron chi connectivity index (χ2n) is 6.08. The topological polar surface area (TPSA) is 95.9 Å². The highest BCUT2D eigenvalue weighted by molar-refractivity contribution is 6.00. The molecule has 1 heterocycles. The zero-order chi connectivity index (χ0) is 18.4. The van der Waals surface area contributed by atoms with Crippen molar-refractivity contribution in [2.24, 2.45) is 0 Å². The van der Waals surface area contributed by atoms with Crippen molar-refractivity contribution in [1.29, 1.82) is 0 Å². The van der Waals surface area contributed by atoms with Crippen LogP contribution in [0.2, 0.25) is 0 Å². The summed E-state index contributed by atoms with van der Waals surface area (Å²) < 4.78 is 5.66. The number of unbranched alkanes of at least 4 members (excludes halogenated alkanes) is 2. The highest BCUT2D eigenvalue weighted by atomic mass is 16.5. The molecule has 2 rings (SSSR count). The molecule has 2 N–H and O–H groups in total. The molecule has 1 unspecified atom stereocenters. The van der Waals surface area contributed by atoms with Gasteiger partial charge >= 0.3 is 5.97 Å². The van der Waals surface area contributed by atoms with Gasteiger partial charge in [0.15, 0.2) is 6.10 Å². The van der Waals surface area contributed by atoms with Crippen LogP contribution >= 0.6 is 0 Å². The van der Waals surface area contributed by atoms with Gasteiger partial charge in [-0.25, -0.2) is 0 Å². The number of rotatable bonds is 8. The molecule has 25 heavy (non-hydrogen) atoms. The minimum absolute atomic E-state index is 0.0677. The molecular formula is C18H24N2O5. The van der Waals surface area contributed by atoms with Crippen LogP contribution in [0.15, 0.2) is 18.2 Å². The standard InChI is InChI=1S/C18H24N2O5/c1-3-4-5-10-20-14-7-6-13(19-16(21)8-9-17(22)23)11-15(14)25-12(2)18(20)24/h6-7,11-12H,3-5,8-10H2,1-2H3,(H,19,21)(H,22,23). The van der Waals surface area contributed by atoms with Gasteiger partial charge < -0.3 is 20.1 Å². The molecule has 0 aromatic heterocycles. The average molecular weight is 348 g/mol. The maximum absolute atomic E-state index is 12.4. The van der Waals surface area contributed by atoms with Gasteiger partial charge in [-0.05, 0) is 25.5 Å². The summed E-state index contributed by atoms with van der Waals surface area (Å²) >= 11 is 0. The summed E-state index contributed by atoms with van der Waals surface area (Å²) in [5.74, 6) is -0.914. The van der Waals surface area contributed by atoms with Crippen molar-refractivity contribution >= 4 is 29.2 Å². The molecule has 0 bridgehead atoms. The fourth-order valence-electron chi connectivity index (χ4n) is 2.68. The molecule has 0 aliphatic carbocycles. The summed E-state index contributed by atoms with van der Waals surface area (Å²) in [5, 5.41) is 11.3. The SMILES string of the molecule is CCCCCN1C(=O)C(C)Oc2cc(NC(=O)CCC(=O)O)ccc21. The molecular weight excluding hydrogens is 324 g/mol. The third-order valence-corrected chi connectivity index (χ3v) is 4.00. The number of carbonyl (C=O) groups excluding carboxylic acids is 2. The molecule has 7 nitrogen and oxygen atoms in total. The zero-order valence-corrected chi connectivity index (χ0v) is 14.6. The number of amides is 2. The largest absolute Gasteiger partial charge is 0.481 e. The lowest BCUT2D eigenvalue weighted by molar-refractivity contribution is -0.138. The van der Waals surface area contributed by atoms with E-state index in [-0.39, 0.29) is 24.7 Å². The Bertz CT molecular complexity index is 659. The molecule has 2 amide bonds. The number of nitrogens with zero attached hydrogens (tertiary/aromatic N) is 1. The Labute approximate surface area is 147 Å². The van der Waals surface area contributed by atoms with Crippen LogP contribution < -0.4 is 15.0 Å². The quantitative estimate of drug-likeness (QED) is 0.704. The van der Waals surface area contributed by atoms with E-state index in [2.05, 4.69) is 12.2 Å². The number of hydrogen-bond acceptors (Lipinski definition) is 4. The Morgan fingerprint density at radius 3 is 2.72 bits per heavy atom. The molecule has 1 aliphatic rings. The Morgan fingerprint density at radius 1 is 1.28 bits per heavy atom. The van der Waals surface area contributed by atoms with Crippen LogP contribution in [-0.4, -0.2) is 35.5 Å². The molecule has 0 saturated carbocycles. The predicted molar refractivity (Wildman–Crippen MR) is 93.9 cm³/mol. The predicted octanol–water partition coefficient (Wildman–Crippen LogP) is 2.79. The van der Waals surface area contributed by atoms with Crippen LogP contribution in [0.25, 0.3) is 0 Å². The summed E-state index contributed by atoms with van der Waals surface area (Å²) in [6.45, 7) is 4.45. The van der Waals surface area contributed by atoms with E-state index in [0.717, 1.165) is 19.3 Å². The lowest BCUT2D eigenvalue weighted by atomic mass is 10.1. The van der Waals surface area contributed by atoms with Gasteiger partial charge in [0, 0.05) is 24.7 Å². The van der Waals surface area contributed by atoms with E-state index in [0.29, 0.717) is 23.7 Å². The van der Waals surface area contributed by atoms with Crippen LogP contribution in [0.5, 0.6) is 5.75 Å². The molecule has 0 fully saturated rings. The first kappa shape index (κ1) is 18.8. The number of carboxylic acids is 1. The second-order valence-corrected chi connectivity index (χ2v) is 6.08. The lowest BCUT2D eigenvalue weighted by Gasteiger charge is -2.33. The Morgan fingerprint density at radius 2 is 2.04 bits per heavy atom. The van der Waals surface area contributed by atoms with Crippen molar-refractivity contribution in [3.8, 4) is 5.75 Å². The highest BCUT2D eigenvalue weighted by Gasteiger charge is 2.31. The molecule has 1 atom stereocenters. The van der Waals surface area contributed by atoms with E-state index >= 15 is 0 Å². The molecule has 0 radical (unpaired) electrons. The van der Waals surface area contributed by atoms with Crippen molar-refractivity contribution in [1.82, 2.24) is 0 Å². The minimum atomic E-state index is -1.01. The van der Waals surface area contributed by atoms with E-state index in [1.165, 1.54) is 0 Å². The van der Waals surface area contributed by atoms with Crippen molar-refractivity contribution in [2.75, 3.05) is 16.8 Å². The van der Waals surface area contributed by atoms with E-state index < -0.39 is 12.1 Å². The van der Waals surface area contributed by atoms with Crippen molar-refractivity contribution in [3.63, 3.8) is 0 Å². The molecule has 0 spiro atoms. The van der Waals surface area contributed by atoms with Gasteiger partial charge in [0.1, 0.15) is 5.75 Å². The maximum atomic E-state index is 12.4. The molecule has 0 saturated heterocycles. The summed E-state index contributed by atoms with van der Waals surface area (Å²) in [6, 6.07) is 5.11. The number of nitrogens with one attached hydrogen (secondary N) is 1. The fraction of sp³-hybridized carbons (Fsp3) is 0.500. The third-order valence-electron chi connectivity index (χ3n) is 4.00.